The normalized spacial score (nSPS) is 17.6. The van der Waals surface area contributed by atoms with Crippen LogP contribution in [0.25, 0.3) is 11.3 Å². The summed E-state index contributed by atoms with van der Waals surface area (Å²) in [6, 6.07) is 10.3. The molecule has 1 fully saturated rings. The number of aryl methyl sites for hydroxylation is 1. The van der Waals surface area contributed by atoms with Crippen LogP contribution in [0.1, 0.15) is 27.9 Å². The molecule has 3 aromatic rings. The predicted octanol–water partition coefficient (Wildman–Crippen LogP) is 4.23. The molecule has 2 aromatic heterocycles. The topological polar surface area (TPSA) is 113 Å². The van der Waals surface area contributed by atoms with Gasteiger partial charge in [0.2, 0.25) is 11.8 Å². The van der Waals surface area contributed by atoms with Crippen molar-refractivity contribution in [2.45, 2.75) is 64.5 Å². The number of benzene rings is 1. The van der Waals surface area contributed by atoms with E-state index in [1.54, 1.807) is 18.6 Å². The van der Waals surface area contributed by atoms with Gasteiger partial charge in [-0.2, -0.15) is 0 Å². The summed E-state index contributed by atoms with van der Waals surface area (Å²) in [5.41, 5.74) is 8.84. The Kier molecular flexibility index (Phi) is 9.36. The number of aromatic nitrogens is 3. The summed E-state index contributed by atoms with van der Waals surface area (Å²) in [6.45, 7) is 10.2. The van der Waals surface area contributed by atoms with Gasteiger partial charge in [0.05, 0.1) is 25.0 Å². The Bertz CT molecular complexity index is 1320. The highest BCUT2D eigenvalue weighted by molar-refractivity contribution is 6.76. The lowest BCUT2D eigenvalue weighted by molar-refractivity contribution is -0.134. The molecule has 0 radical (unpaired) electrons. The number of primary amides is 1. The monoisotopic (exact) mass is 567 g/mol. The summed E-state index contributed by atoms with van der Waals surface area (Å²) in [6.07, 6.45) is 3.17. The first kappa shape index (κ1) is 29.4. The van der Waals surface area contributed by atoms with E-state index in [2.05, 4.69) is 29.6 Å². The number of imidazole rings is 1. The molecule has 1 aliphatic rings. The van der Waals surface area contributed by atoms with Crippen LogP contribution in [0.5, 0.6) is 5.88 Å². The SMILES string of the molecule is Cc1ccc(CC(=O)N2CC[C@H](Oc3ncc(-c4cn(COCC[Si](C)(C)C)cn4)cc3C(N)=O)[C@H](F)C2)cc1. The second-order valence-corrected chi connectivity index (χ2v) is 17.1. The zero-order valence-electron chi connectivity index (χ0n) is 23.6. The molecule has 1 saturated heterocycles. The lowest BCUT2D eigenvalue weighted by atomic mass is 10.0. The maximum Gasteiger partial charge on any atom is 0.254 e. The highest BCUT2D eigenvalue weighted by Gasteiger charge is 2.34. The van der Waals surface area contributed by atoms with E-state index in [-0.39, 0.29) is 36.7 Å². The summed E-state index contributed by atoms with van der Waals surface area (Å²) < 4.78 is 28.5. The molecule has 2 atom stereocenters. The summed E-state index contributed by atoms with van der Waals surface area (Å²) in [5.74, 6) is -0.900. The van der Waals surface area contributed by atoms with Gasteiger partial charge in [-0.1, -0.05) is 49.5 Å². The van der Waals surface area contributed by atoms with Crippen LogP contribution in [-0.2, 0) is 22.7 Å². The van der Waals surface area contributed by atoms with Crippen LogP contribution >= 0.6 is 0 Å². The van der Waals surface area contributed by atoms with E-state index in [9.17, 15) is 9.59 Å². The number of halogens is 1. The summed E-state index contributed by atoms with van der Waals surface area (Å²) >= 11 is 0. The number of pyridine rings is 1. The minimum atomic E-state index is -1.44. The Labute approximate surface area is 235 Å². The molecule has 1 aromatic carbocycles. The fourth-order valence-electron chi connectivity index (χ4n) is 4.37. The summed E-state index contributed by atoms with van der Waals surface area (Å²) in [7, 11) is -1.17. The van der Waals surface area contributed by atoms with Gasteiger partial charge in [0.25, 0.3) is 5.91 Å². The fraction of sp³-hybridized carbons (Fsp3) is 0.448. The second-order valence-electron chi connectivity index (χ2n) is 11.5. The Hall–Kier alpha value is -3.57. The van der Waals surface area contributed by atoms with E-state index in [4.69, 9.17) is 15.2 Å². The van der Waals surface area contributed by atoms with E-state index in [0.29, 0.717) is 31.1 Å². The lowest BCUT2D eigenvalue weighted by Gasteiger charge is -2.34. The van der Waals surface area contributed by atoms with E-state index in [1.165, 1.54) is 11.1 Å². The molecule has 4 rings (SSSR count). The maximum atomic E-state index is 15.1. The van der Waals surface area contributed by atoms with E-state index in [1.807, 2.05) is 35.8 Å². The quantitative estimate of drug-likeness (QED) is 0.274. The number of likely N-dealkylation sites (tertiary alicyclic amines) is 1. The molecule has 0 saturated carbocycles. The Morgan fingerprint density at radius 1 is 1.18 bits per heavy atom. The number of nitrogens with zero attached hydrogens (tertiary/aromatic N) is 4. The van der Waals surface area contributed by atoms with Crippen LogP contribution in [0.4, 0.5) is 4.39 Å². The zero-order chi connectivity index (χ0) is 28.9. The number of ether oxygens (including phenoxy) is 2. The number of alkyl halides is 1. The summed E-state index contributed by atoms with van der Waals surface area (Å²) in [4.78, 5) is 35.2. The third-order valence-electron chi connectivity index (χ3n) is 6.86. The molecule has 2 amide bonds. The molecule has 11 heteroatoms. The average molecular weight is 568 g/mol. The van der Waals surface area contributed by atoms with Crippen LogP contribution < -0.4 is 10.5 Å². The van der Waals surface area contributed by atoms with Gasteiger partial charge in [-0.3, -0.25) is 9.59 Å². The number of hydrogen-bond acceptors (Lipinski definition) is 6. The average Bonchev–Trinajstić information content (AvgIpc) is 3.37. The van der Waals surface area contributed by atoms with Crippen LogP contribution in [0.2, 0.25) is 25.7 Å². The first-order valence-electron chi connectivity index (χ1n) is 13.5. The van der Waals surface area contributed by atoms with E-state index in [0.717, 1.165) is 17.2 Å². The lowest BCUT2D eigenvalue weighted by Crippen LogP contribution is -2.49. The Morgan fingerprint density at radius 3 is 2.60 bits per heavy atom. The van der Waals surface area contributed by atoms with Gasteiger partial charge in [-0.15, -0.1) is 0 Å². The van der Waals surface area contributed by atoms with Crippen molar-refractivity contribution >= 4 is 19.9 Å². The van der Waals surface area contributed by atoms with Crippen LogP contribution in [0.15, 0.2) is 49.1 Å². The minimum absolute atomic E-state index is 0.0301. The van der Waals surface area contributed by atoms with Crippen molar-refractivity contribution in [1.29, 1.82) is 0 Å². The first-order chi connectivity index (χ1) is 19.0. The molecular formula is C29H38FN5O4Si. The predicted molar refractivity (Wildman–Crippen MR) is 153 cm³/mol. The van der Waals surface area contributed by atoms with Gasteiger partial charge in [0.1, 0.15) is 18.4 Å². The van der Waals surface area contributed by atoms with Gasteiger partial charge in [-0.05, 0) is 24.6 Å². The fourth-order valence-corrected chi connectivity index (χ4v) is 5.13. The molecule has 0 bridgehead atoms. The number of nitrogens with two attached hydrogens (primary N) is 1. The number of amides is 2. The highest BCUT2D eigenvalue weighted by Crippen LogP contribution is 2.27. The number of hydrogen-bond donors (Lipinski definition) is 1. The van der Waals surface area contributed by atoms with Gasteiger partial charge >= 0.3 is 0 Å². The third-order valence-corrected chi connectivity index (χ3v) is 8.56. The zero-order valence-corrected chi connectivity index (χ0v) is 24.6. The van der Waals surface area contributed by atoms with Crippen molar-refractivity contribution < 1.29 is 23.5 Å². The molecule has 3 heterocycles. The van der Waals surface area contributed by atoms with Crippen molar-refractivity contribution in [2.24, 2.45) is 5.73 Å². The number of carbonyl (C=O) groups excluding carboxylic acids is 2. The van der Waals surface area contributed by atoms with Crippen LogP contribution in [0, 0.1) is 6.92 Å². The number of carbonyl (C=O) groups is 2. The van der Waals surface area contributed by atoms with Crippen molar-refractivity contribution in [1.82, 2.24) is 19.4 Å². The molecule has 0 spiro atoms. The maximum absolute atomic E-state index is 15.1. The van der Waals surface area contributed by atoms with E-state index < -0.39 is 26.3 Å². The first-order valence-corrected chi connectivity index (χ1v) is 17.2. The molecule has 2 N–H and O–H groups in total. The van der Waals surface area contributed by atoms with Crippen molar-refractivity contribution in [3.8, 4) is 17.1 Å². The number of rotatable bonds is 11. The Balaban J connectivity index is 1.36. The van der Waals surface area contributed by atoms with Crippen molar-refractivity contribution in [2.75, 3.05) is 19.7 Å². The largest absolute Gasteiger partial charge is 0.471 e. The van der Waals surface area contributed by atoms with Crippen molar-refractivity contribution in [3.63, 3.8) is 0 Å². The molecule has 0 unspecified atom stereocenters. The standard InChI is InChI=1S/C29H38FN5O4Si/c1-20-5-7-21(8-6-20)13-27(36)35-10-9-26(24(30)16-35)39-29-23(28(31)37)14-22(15-32-29)25-17-34(18-33-25)19-38-11-12-40(2,3)4/h5-8,14-15,17-18,24,26H,9-13,16,19H2,1-4H3,(H2,31,37)/t24-,26+/m1/s1. The molecule has 40 heavy (non-hydrogen) atoms. The molecule has 0 aliphatic carbocycles. The van der Waals surface area contributed by atoms with Gasteiger partial charge in [-0.25, -0.2) is 14.4 Å². The molecular weight excluding hydrogens is 529 g/mol. The third kappa shape index (κ3) is 7.98. The smallest absolute Gasteiger partial charge is 0.254 e. The molecule has 1 aliphatic heterocycles. The number of piperidine rings is 1. The minimum Gasteiger partial charge on any atom is -0.471 e. The van der Waals surface area contributed by atoms with Gasteiger partial charge in [0, 0.05) is 45.6 Å². The molecule has 214 valence electrons. The molecule has 9 nitrogen and oxygen atoms in total. The second kappa shape index (κ2) is 12.7. The van der Waals surface area contributed by atoms with Gasteiger partial charge < -0.3 is 24.7 Å². The Morgan fingerprint density at radius 2 is 1.93 bits per heavy atom. The highest BCUT2D eigenvalue weighted by atomic mass is 28.3. The van der Waals surface area contributed by atoms with Crippen LogP contribution in [0.3, 0.4) is 0 Å². The van der Waals surface area contributed by atoms with Crippen molar-refractivity contribution in [3.05, 3.63) is 65.7 Å². The van der Waals surface area contributed by atoms with Crippen LogP contribution in [-0.4, -0.2) is 71.3 Å². The van der Waals surface area contributed by atoms with E-state index >= 15 is 4.39 Å². The summed E-state index contributed by atoms with van der Waals surface area (Å²) in [5, 5.41) is 0. The van der Waals surface area contributed by atoms with Gasteiger partial charge in [0.15, 0.2) is 6.17 Å².